The van der Waals surface area contributed by atoms with E-state index >= 15 is 0 Å². The molecule has 0 saturated carbocycles. The van der Waals surface area contributed by atoms with Gasteiger partial charge in [-0.1, -0.05) is 25.8 Å². The summed E-state index contributed by atoms with van der Waals surface area (Å²) in [6.45, 7) is 3.00. The SMILES string of the molecule is CCCCCN(C)C(=O)c1cccc2[nH]ccc12. The van der Waals surface area contributed by atoms with Crippen LogP contribution in [0.25, 0.3) is 10.9 Å². The molecular weight excluding hydrogens is 224 g/mol. The molecule has 0 saturated heterocycles. The second kappa shape index (κ2) is 5.71. The molecule has 0 aliphatic carbocycles. The Morgan fingerprint density at radius 1 is 1.28 bits per heavy atom. The van der Waals surface area contributed by atoms with Gasteiger partial charge in [-0.3, -0.25) is 4.79 Å². The van der Waals surface area contributed by atoms with Crippen molar-refractivity contribution in [2.75, 3.05) is 13.6 Å². The smallest absolute Gasteiger partial charge is 0.254 e. The summed E-state index contributed by atoms with van der Waals surface area (Å²) < 4.78 is 0. The van der Waals surface area contributed by atoms with Crippen LogP contribution in [0.5, 0.6) is 0 Å². The lowest BCUT2D eigenvalue weighted by molar-refractivity contribution is 0.0794. The number of hydrogen-bond acceptors (Lipinski definition) is 1. The number of unbranched alkanes of at least 4 members (excludes halogenated alkanes) is 2. The second-order valence-electron chi connectivity index (χ2n) is 4.68. The van der Waals surface area contributed by atoms with Crippen LogP contribution in [-0.4, -0.2) is 29.4 Å². The van der Waals surface area contributed by atoms with Gasteiger partial charge in [-0.2, -0.15) is 0 Å². The Labute approximate surface area is 108 Å². The highest BCUT2D eigenvalue weighted by Crippen LogP contribution is 2.18. The van der Waals surface area contributed by atoms with Gasteiger partial charge in [0.2, 0.25) is 0 Å². The Morgan fingerprint density at radius 3 is 2.89 bits per heavy atom. The van der Waals surface area contributed by atoms with E-state index in [2.05, 4.69) is 11.9 Å². The number of nitrogens with zero attached hydrogens (tertiary/aromatic N) is 1. The Balaban J connectivity index is 2.15. The van der Waals surface area contributed by atoms with Gasteiger partial charge in [-0.05, 0) is 24.6 Å². The molecule has 0 radical (unpaired) electrons. The van der Waals surface area contributed by atoms with Crippen molar-refractivity contribution in [3.63, 3.8) is 0 Å². The first kappa shape index (κ1) is 12.7. The lowest BCUT2D eigenvalue weighted by Crippen LogP contribution is -2.27. The first-order valence-corrected chi connectivity index (χ1v) is 6.55. The van der Waals surface area contributed by atoms with Crippen molar-refractivity contribution < 1.29 is 4.79 Å². The number of aromatic nitrogens is 1. The van der Waals surface area contributed by atoms with E-state index in [0.717, 1.165) is 29.4 Å². The van der Waals surface area contributed by atoms with Gasteiger partial charge in [0.25, 0.3) is 5.91 Å². The van der Waals surface area contributed by atoms with Crippen LogP contribution in [0.3, 0.4) is 0 Å². The lowest BCUT2D eigenvalue weighted by atomic mass is 10.1. The van der Waals surface area contributed by atoms with E-state index < -0.39 is 0 Å². The minimum absolute atomic E-state index is 0.108. The first-order valence-electron chi connectivity index (χ1n) is 6.55. The third kappa shape index (κ3) is 2.55. The average molecular weight is 244 g/mol. The van der Waals surface area contributed by atoms with E-state index in [4.69, 9.17) is 0 Å². The fourth-order valence-corrected chi connectivity index (χ4v) is 2.18. The minimum Gasteiger partial charge on any atom is -0.361 e. The number of H-pyrrole nitrogens is 1. The summed E-state index contributed by atoms with van der Waals surface area (Å²) in [6, 6.07) is 7.77. The van der Waals surface area contributed by atoms with Gasteiger partial charge in [-0.25, -0.2) is 0 Å². The van der Waals surface area contributed by atoms with Crippen molar-refractivity contribution in [3.8, 4) is 0 Å². The van der Waals surface area contributed by atoms with Crippen molar-refractivity contribution in [2.45, 2.75) is 26.2 Å². The molecule has 1 heterocycles. The van der Waals surface area contributed by atoms with E-state index in [1.807, 2.05) is 42.4 Å². The Kier molecular flexibility index (Phi) is 4.03. The number of benzene rings is 1. The van der Waals surface area contributed by atoms with Gasteiger partial charge in [0.05, 0.1) is 0 Å². The number of nitrogens with one attached hydrogen (secondary N) is 1. The Hall–Kier alpha value is -1.77. The van der Waals surface area contributed by atoms with Crippen LogP contribution in [0.1, 0.15) is 36.5 Å². The number of carbonyl (C=O) groups is 1. The number of carbonyl (C=O) groups excluding carboxylic acids is 1. The molecule has 96 valence electrons. The van der Waals surface area contributed by atoms with Crippen LogP contribution >= 0.6 is 0 Å². The molecule has 1 aromatic carbocycles. The molecule has 0 bridgehead atoms. The molecule has 0 unspecified atom stereocenters. The number of amides is 1. The number of aromatic amines is 1. The average Bonchev–Trinajstić information content (AvgIpc) is 2.86. The normalized spacial score (nSPS) is 10.8. The molecule has 3 heteroatoms. The quantitative estimate of drug-likeness (QED) is 0.804. The molecular formula is C15H20N2O. The predicted molar refractivity (Wildman–Crippen MR) is 74.8 cm³/mol. The van der Waals surface area contributed by atoms with Crippen molar-refractivity contribution in [3.05, 3.63) is 36.0 Å². The Bertz CT molecular complexity index is 530. The fraction of sp³-hybridized carbons (Fsp3) is 0.400. The van der Waals surface area contributed by atoms with E-state index in [9.17, 15) is 4.79 Å². The maximum absolute atomic E-state index is 12.4. The molecule has 1 aromatic heterocycles. The van der Waals surface area contributed by atoms with Crippen LogP contribution in [0.2, 0.25) is 0 Å². The monoisotopic (exact) mass is 244 g/mol. The van der Waals surface area contributed by atoms with Crippen LogP contribution in [0.15, 0.2) is 30.5 Å². The van der Waals surface area contributed by atoms with E-state index in [1.165, 1.54) is 12.8 Å². The highest BCUT2D eigenvalue weighted by Gasteiger charge is 2.14. The van der Waals surface area contributed by atoms with Crippen molar-refractivity contribution in [2.24, 2.45) is 0 Å². The predicted octanol–water partition coefficient (Wildman–Crippen LogP) is 3.43. The molecule has 0 atom stereocenters. The minimum atomic E-state index is 0.108. The lowest BCUT2D eigenvalue weighted by Gasteiger charge is -2.17. The summed E-state index contributed by atoms with van der Waals surface area (Å²) in [7, 11) is 1.88. The second-order valence-corrected chi connectivity index (χ2v) is 4.68. The molecule has 1 amide bonds. The molecule has 0 aliphatic rings. The van der Waals surface area contributed by atoms with Crippen LogP contribution in [0.4, 0.5) is 0 Å². The molecule has 1 N–H and O–H groups in total. The molecule has 2 aromatic rings. The molecule has 3 nitrogen and oxygen atoms in total. The largest absolute Gasteiger partial charge is 0.361 e. The summed E-state index contributed by atoms with van der Waals surface area (Å²) in [5, 5.41) is 1.00. The highest BCUT2D eigenvalue weighted by atomic mass is 16.2. The molecule has 0 fully saturated rings. The molecule has 18 heavy (non-hydrogen) atoms. The van der Waals surface area contributed by atoms with Crippen LogP contribution in [-0.2, 0) is 0 Å². The number of rotatable bonds is 5. The zero-order chi connectivity index (χ0) is 13.0. The maximum atomic E-state index is 12.4. The van der Waals surface area contributed by atoms with Gasteiger partial charge in [-0.15, -0.1) is 0 Å². The van der Waals surface area contributed by atoms with Crippen molar-refractivity contribution in [1.29, 1.82) is 0 Å². The Morgan fingerprint density at radius 2 is 2.11 bits per heavy atom. The molecule has 0 spiro atoms. The van der Waals surface area contributed by atoms with Crippen molar-refractivity contribution >= 4 is 16.8 Å². The summed E-state index contributed by atoms with van der Waals surface area (Å²) in [6.07, 6.45) is 5.29. The topological polar surface area (TPSA) is 36.1 Å². The first-order chi connectivity index (χ1) is 8.74. The standard InChI is InChI=1S/C15H20N2O/c1-3-4-5-11-17(2)15(18)13-7-6-8-14-12(13)9-10-16-14/h6-10,16H,3-5,11H2,1-2H3. The zero-order valence-corrected chi connectivity index (χ0v) is 11.1. The van der Waals surface area contributed by atoms with Gasteiger partial charge >= 0.3 is 0 Å². The van der Waals surface area contributed by atoms with E-state index in [0.29, 0.717) is 0 Å². The summed E-state index contributed by atoms with van der Waals surface area (Å²) in [4.78, 5) is 17.3. The van der Waals surface area contributed by atoms with E-state index in [1.54, 1.807) is 0 Å². The third-order valence-electron chi connectivity index (χ3n) is 3.27. The van der Waals surface area contributed by atoms with Gasteiger partial charge in [0.1, 0.15) is 0 Å². The van der Waals surface area contributed by atoms with Gasteiger partial charge < -0.3 is 9.88 Å². The molecule has 2 rings (SSSR count). The van der Waals surface area contributed by atoms with Crippen LogP contribution < -0.4 is 0 Å². The maximum Gasteiger partial charge on any atom is 0.254 e. The summed E-state index contributed by atoms with van der Waals surface area (Å²) >= 11 is 0. The number of hydrogen-bond donors (Lipinski definition) is 1. The third-order valence-corrected chi connectivity index (χ3v) is 3.27. The fourth-order valence-electron chi connectivity index (χ4n) is 2.18. The van der Waals surface area contributed by atoms with Crippen LogP contribution in [0, 0.1) is 0 Å². The van der Waals surface area contributed by atoms with E-state index in [-0.39, 0.29) is 5.91 Å². The highest BCUT2D eigenvalue weighted by molar-refractivity contribution is 6.06. The van der Waals surface area contributed by atoms with Gasteiger partial charge in [0, 0.05) is 36.3 Å². The summed E-state index contributed by atoms with van der Waals surface area (Å²) in [5.41, 5.74) is 1.80. The zero-order valence-electron chi connectivity index (χ0n) is 11.1. The summed E-state index contributed by atoms with van der Waals surface area (Å²) in [5.74, 6) is 0.108. The van der Waals surface area contributed by atoms with Crippen molar-refractivity contribution in [1.82, 2.24) is 9.88 Å². The van der Waals surface area contributed by atoms with Gasteiger partial charge in [0.15, 0.2) is 0 Å². The molecule has 0 aliphatic heterocycles. The number of fused-ring (bicyclic) bond motifs is 1.